The zero-order valence-corrected chi connectivity index (χ0v) is 14.9. The van der Waals surface area contributed by atoms with Crippen LogP contribution in [0.2, 0.25) is 10.0 Å². The smallest absolute Gasteiger partial charge is 0.124 e. The van der Waals surface area contributed by atoms with Crippen LogP contribution >= 0.6 is 39.1 Å². The lowest BCUT2D eigenvalue weighted by Crippen LogP contribution is -2.19. The lowest BCUT2D eigenvalue weighted by molar-refractivity contribution is 0.406. The molecule has 0 aromatic heterocycles. The van der Waals surface area contributed by atoms with Gasteiger partial charge in [-0.1, -0.05) is 51.3 Å². The van der Waals surface area contributed by atoms with Crippen molar-refractivity contribution in [3.05, 3.63) is 62.0 Å². The van der Waals surface area contributed by atoms with Gasteiger partial charge in [-0.05, 0) is 36.8 Å². The minimum absolute atomic E-state index is 0.103. The molecule has 0 fully saturated rings. The fourth-order valence-corrected chi connectivity index (χ4v) is 3.19. The van der Waals surface area contributed by atoms with Crippen LogP contribution in [0, 0.1) is 0 Å². The zero-order valence-electron chi connectivity index (χ0n) is 11.8. The van der Waals surface area contributed by atoms with Gasteiger partial charge in [0.05, 0.1) is 7.11 Å². The minimum atomic E-state index is 0.103. The average molecular weight is 389 g/mol. The van der Waals surface area contributed by atoms with Crippen LogP contribution in [-0.4, -0.2) is 7.11 Å². The molecule has 0 saturated heterocycles. The third-order valence-electron chi connectivity index (χ3n) is 3.31. The molecule has 0 aliphatic carbocycles. The number of hydrogen-bond acceptors (Lipinski definition) is 2. The second-order valence-electron chi connectivity index (χ2n) is 4.69. The number of rotatable bonds is 5. The molecule has 0 saturated carbocycles. The van der Waals surface area contributed by atoms with E-state index in [2.05, 4.69) is 28.2 Å². The van der Waals surface area contributed by atoms with E-state index in [0.29, 0.717) is 11.6 Å². The quantitative estimate of drug-likeness (QED) is 0.718. The summed E-state index contributed by atoms with van der Waals surface area (Å²) in [4.78, 5) is 0. The lowest BCUT2D eigenvalue weighted by Gasteiger charge is -2.18. The van der Waals surface area contributed by atoms with Gasteiger partial charge in [0.25, 0.3) is 0 Å². The maximum atomic E-state index is 6.28. The largest absolute Gasteiger partial charge is 0.496 e. The van der Waals surface area contributed by atoms with Crippen LogP contribution in [0.5, 0.6) is 5.75 Å². The van der Waals surface area contributed by atoms with Crippen LogP contribution in [0.4, 0.5) is 0 Å². The maximum absolute atomic E-state index is 6.28. The highest BCUT2D eigenvalue weighted by atomic mass is 79.9. The van der Waals surface area contributed by atoms with Gasteiger partial charge in [-0.25, -0.2) is 0 Å². The molecule has 0 aliphatic heterocycles. The zero-order chi connectivity index (χ0) is 15.4. The highest BCUT2D eigenvalue weighted by molar-refractivity contribution is 9.10. The summed E-state index contributed by atoms with van der Waals surface area (Å²) in [5, 5.41) is 4.85. The van der Waals surface area contributed by atoms with E-state index in [1.165, 1.54) is 0 Å². The minimum Gasteiger partial charge on any atom is -0.496 e. The molecule has 0 aliphatic rings. The van der Waals surface area contributed by atoms with E-state index in [1.807, 2.05) is 36.4 Å². The van der Waals surface area contributed by atoms with Crippen LogP contribution in [0.1, 0.15) is 24.1 Å². The molecule has 0 bridgehead atoms. The molecule has 0 heterocycles. The first-order valence-corrected chi connectivity index (χ1v) is 8.07. The summed E-state index contributed by atoms with van der Waals surface area (Å²) in [5.41, 5.74) is 1.99. The van der Waals surface area contributed by atoms with Gasteiger partial charge in [0.2, 0.25) is 0 Å². The van der Waals surface area contributed by atoms with Crippen LogP contribution in [0.15, 0.2) is 40.9 Å². The molecule has 1 atom stereocenters. The van der Waals surface area contributed by atoms with E-state index in [0.717, 1.165) is 26.4 Å². The first kappa shape index (κ1) is 16.6. The van der Waals surface area contributed by atoms with Gasteiger partial charge in [-0.2, -0.15) is 0 Å². The van der Waals surface area contributed by atoms with Crippen molar-refractivity contribution in [2.45, 2.75) is 19.5 Å². The fourth-order valence-electron chi connectivity index (χ4n) is 2.12. The Morgan fingerprint density at radius 2 is 1.95 bits per heavy atom. The van der Waals surface area contributed by atoms with Crippen molar-refractivity contribution in [3.8, 4) is 5.75 Å². The van der Waals surface area contributed by atoms with Crippen LogP contribution in [0.3, 0.4) is 0 Å². The third-order valence-corrected chi connectivity index (χ3v) is 4.48. The summed E-state index contributed by atoms with van der Waals surface area (Å²) in [6, 6.07) is 11.6. The van der Waals surface area contributed by atoms with Gasteiger partial charge < -0.3 is 10.1 Å². The number of nitrogens with one attached hydrogen (secondary N) is 1. The SMILES string of the molecule is COc1cccc(Cl)c1CNC(C)c1ccc(Br)cc1Cl. The molecule has 112 valence electrons. The van der Waals surface area contributed by atoms with E-state index >= 15 is 0 Å². The first-order valence-electron chi connectivity index (χ1n) is 6.52. The number of ether oxygens (including phenoxy) is 1. The summed E-state index contributed by atoms with van der Waals surface area (Å²) < 4.78 is 6.32. The van der Waals surface area contributed by atoms with Crippen molar-refractivity contribution in [1.82, 2.24) is 5.32 Å². The Bertz CT molecular complexity index is 634. The Kier molecular flexibility index (Phi) is 5.94. The molecule has 2 aromatic carbocycles. The summed E-state index contributed by atoms with van der Waals surface area (Å²) in [7, 11) is 1.64. The summed E-state index contributed by atoms with van der Waals surface area (Å²) in [6.07, 6.45) is 0. The standard InChI is InChI=1S/C16H16BrCl2NO/c1-10(12-7-6-11(17)8-15(12)19)20-9-13-14(18)4-3-5-16(13)21-2/h3-8,10,20H,9H2,1-2H3. The molecule has 2 rings (SSSR count). The summed E-state index contributed by atoms with van der Waals surface area (Å²) >= 11 is 15.9. The predicted molar refractivity (Wildman–Crippen MR) is 92.4 cm³/mol. The summed E-state index contributed by atoms with van der Waals surface area (Å²) in [5.74, 6) is 0.782. The highest BCUT2D eigenvalue weighted by Gasteiger charge is 2.12. The topological polar surface area (TPSA) is 21.3 Å². The van der Waals surface area contributed by atoms with Gasteiger partial charge in [0.1, 0.15) is 5.75 Å². The van der Waals surface area contributed by atoms with Crippen molar-refractivity contribution < 1.29 is 4.74 Å². The van der Waals surface area contributed by atoms with Crippen LogP contribution in [-0.2, 0) is 6.54 Å². The fraction of sp³-hybridized carbons (Fsp3) is 0.250. The van der Waals surface area contributed by atoms with Crippen molar-refractivity contribution in [2.75, 3.05) is 7.11 Å². The Balaban J connectivity index is 2.13. The molecule has 1 N–H and O–H groups in total. The third kappa shape index (κ3) is 4.13. The number of halogens is 3. The van der Waals surface area contributed by atoms with Crippen molar-refractivity contribution >= 4 is 39.1 Å². The monoisotopic (exact) mass is 387 g/mol. The summed E-state index contributed by atoms with van der Waals surface area (Å²) in [6.45, 7) is 2.68. The Morgan fingerprint density at radius 3 is 2.62 bits per heavy atom. The number of methoxy groups -OCH3 is 1. The molecule has 2 aromatic rings. The average Bonchev–Trinajstić information content (AvgIpc) is 2.45. The molecular weight excluding hydrogens is 373 g/mol. The molecule has 0 spiro atoms. The van der Waals surface area contributed by atoms with Crippen LogP contribution in [0.25, 0.3) is 0 Å². The van der Waals surface area contributed by atoms with Crippen molar-refractivity contribution in [1.29, 1.82) is 0 Å². The normalized spacial score (nSPS) is 12.2. The highest BCUT2D eigenvalue weighted by Crippen LogP contribution is 2.29. The van der Waals surface area contributed by atoms with E-state index in [-0.39, 0.29) is 6.04 Å². The lowest BCUT2D eigenvalue weighted by atomic mass is 10.1. The first-order chi connectivity index (χ1) is 10.0. The second kappa shape index (κ2) is 7.50. The molecule has 0 amide bonds. The van der Waals surface area contributed by atoms with E-state index in [4.69, 9.17) is 27.9 Å². The predicted octanol–water partition coefficient (Wildman–Crippen LogP) is 5.62. The Morgan fingerprint density at radius 1 is 1.19 bits per heavy atom. The van der Waals surface area contributed by atoms with E-state index in [9.17, 15) is 0 Å². The van der Waals surface area contributed by atoms with Crippen molar-refractivity contribution in [3.63, 3.8) is 0 Å². The number of hydrogen-bond donors (Lipinski definition) is 1. The molecular formula is C16H16BrCl2NO. The van der Waals surface area contributed by atoms with E-state index in [1.54, 1.807) is 7.11 Å². The van der Waals surface area contributed by atoms with Gasteiger partial charge in [-0.15, -0.1) is 0 Å². The van der Waals surface area contributed by atoms with Gasteiger partial charge in [0, 0.05) is 32.7 Å². The molecule has 2 nitrogen and oxygen atoms in total. The molecule has 5 heteroatoms. The van der Waals surface area contributed by atoms with Crippen molar-refractivity contribution in [2.24, 2.45) is 0 Å². The Hall–Kier alpha value is -0.740. The number of benzene rings is 2. The van der Waals surface area contributed by atoms with Gasteiger partial charge in [-0.3, -0.25) is 0 Å². The van der Waals surface area contributed by atoms with Crippen LogP contribution < -0.4 is 10.1 Å². The van der Waals surface area contributed by atoms with Gasteiger partial charge in [0.15, 0.2) is 0 Å². The maximum Gasteiger partial charge on any atom is 0.124 e. The second-order valence-corrected chi connectivity index (χ2v) is 6.42. The van der Waals surface area contributed by atoms with Gasteiger partial charge >= 0.3 is 0 Å². The van der Waals surface area contributed by atoms with E-state index < -0.39 is 0 Å². The molecule has 0 radical (unpaired) electrons. The molecule has 21 heavy (non-hydrogen) atoms. The Labute approximate surface area is 143 Å². The molecule has 1 unspecified atom stereocenters.